The number of aromatic amines is 1. The van der Waals surface area contributed by atoms with Crippen molar-refractivity contribution in [2.45, 2.75) is 0 Å². The Labute approximate surface area is 92.7 Å². The minimum Gasteiger partial charge on any atom is -0.361 e. The van der Waals surface area contributed by atoms with Crippen LogP contribution in [0.3, 0.4) is 0 Å². The second-order valence-corrected chi connectivity index (χ2v) is 5.48. The smallest absolute Gasteiger partial charge is 0.347 e. The Morgan fingerprint density at radius 3 is 2.93 bits per heavy atom. The largest absolute Gasteiger partial charge is 0.361 e. The molecule has 0 amide bonds. The first kappa shape index (κ1) is 9.67. The highest BCUT2D eigenvalue weighted by molar-refractivity contribution is 9.11. The summed E-state index contributed by atoms with van der Waals surface area (Å²) in [7, 11) is 3.74. The van der Waals surface area contributed by atoms with Crippen LogP contribution in [0.2, 0.25) is 0 Å². The summed E-state index contributed by atoms with van der Waals surface area (Å²) in [5.41, 5.74) is 0.511. The van der Waals surface area contributed by atoms with Crippen molar-refractivity contribution >= 4 is 43.3 Å². The van der Waals surface area contributed by atoms with E-state index >= 15 is 0 Å². The van der Waals surface area contributed by atoms with Crippen LogP contribution in [0.25, 0.3) is 10.2 Å². The predicted molar refractivity (Wildman–Crippen MR) is 62.3 cm³/mol. The van der Waals surface area contributed by atoms with Gasteiger partial charge in [-0.3, -0.25) is 0 Å². The first-order valence-corrected chi connectivity index (χ1v) is 5.55. The number of anilines is 1. The molecule has 6 heteroatoms. The number of thiophene rings is 1. The van der Waals surface area contributed by atoms with E-state index in [1.165, 1.54) is 0 Å². The van der Waals surface area contributed by atoms with E-state index in [4.69, 9.17) is 0 Å². The van der Waals surface area contributed by atoms with Crippen molar-refractivity contribution < 1.29 is 0 Å². The van der Waals surface area contributed by atoms with E-state index in [9.17, 15) is 4.79 Å². The standard InChI is InChI=1S/C8H8BrN3OS/c1-12(2)7-6-4(3-5(9)14-6)10-8(13)11-7/h3H,1-2H3,(H,10,11,13). The van der Waals surface area contributed by atoms with E-state index in [2.05, 4.69) is 25.9 Å². The first-order valence-electron chi connectivity index (χ1n) is 3.94. The molecule has 0 atom stereocenters. The molecule has 2 aromatic heterocycles. The third-order valence-electron chi connectivity index (χ3n) is 1.78. The van der Waals surface area contributed by atoms with E-state index < -0.39 is 0 Å². The summed E-state index contributed by atoms with van der Waals surface area (Å²) in [6, 6.07) is 1.88. The first-order chi connectivity index (χ1) is 6.58. The molecule has 0 radical (unpaired) electrons. The molecule has 0 aliphatic carbocycles. The molecule has 0 bridgehead atoms. The number of H-pyrrole nitrogens is 1. The van der Waals surface area contributed by atoms with Crippen molar-refractivity contribution in [3.63, 3.8) is 0 Å². The highest BCUT2D eigenvalue weighted by Gasteiger charge is 2.09. The summed E-state index contributed by atoms with van der Waals surface area (Å²) in [5.74, 6) is 0.708. The maximum Gasteiger partial charge on any atom is 0.347 e. The van der Waals surface area contributed by atoms with Crippen LogP contribution in [0.5, 0.6) is 0 Å². The van der Waals surface area contributed by atoms with E-state index in [-0.39, 0.29) is 5.69 Å². The molecule has 2 heterocycles. The van der Waals surface area contributed by atoms with E-state index in [1.807, 2.05) is 25.1 Å². The lowest BCUT2D eigenvalue weighted by Gasteiger charge is -2.10. The fourth-order valence-electron chi connectivity index (χ4n) is 1.21. The van der Waals surface area contributed by atoms with Crippen molar-refractivity contribution in [2.75, 3.05) is 19.0 Å². The number of aromatic nitrogens is 2. The fourth-order valence-corrected chi connectivity index (χ4v) is 2.84. The Hall–Kier alpha value is -0.880. The van der Waals surface area contributed by atoms with Gasteiger partial charge in [-0.05, 0) is 22.0 Å². The molecular formula is C8H8BrN3OS. The Morgan fingerprint density at radius 2 is 2.29 bits per heavy atom. The van der Waals surface area contributed by atoms with Gasteiger partial charge in [0.1, 0.15) is 0 Å². The SMILES string of the molecule is CN(C)c1nc(=O)[nH]c2cc(Br)sc12. The number of fused-ring (bicyclic) bond motifs is 1. The number of halogens is 1. The average Bonchev–Trinajstić information content (AvgIpc) is 2.42. The number of hydrogen-bond acceptors (Lipinski definition) is 4. The van der Waals surface area contributed by atoms with Gasteiger partial charge in [0.25, 0.3) is 0 Å². The predicted octanol–water partition coefficient (Wildman–Crippen LogP) is 1.81. The maximum atomic E-state index is 11.2. The normalized spacial score (nSPS) is 10.8. The molecule has 0 saturated heterocycles. The Kier molecular flexibility index (Phi) is 2.32. The molecule has 1 N–H and O–H groups in total. The van der Waals surface area contributed by atoms with Crippen LogP contribution in [0, 0.1) is 0 Å². The highest BCUT2D eigenvalue weighted by atomic mass is 79.9. The molecule has 14 heavy (non-hydrogen) atoms. The van der Waals surface area contributed by atoms with E-state index in [1.54, 1.807) is 11.3 Å². The quantitative estimate of drug-likeness (QED) is 0.862. The summed E-state index contributed by atoms with van der Waals surface area (Å²) in [6.07, 6.45) is 0. The summed E-state index contributed by atoms with van der Waals surface area (Å²) in [6.45, 7) is 0. The lowest BCUT2D eigenvalue weighted by molar-refractivity contribution is 1.03. The molecule has 0 spiro atoms. The summed E-state index contributed by atoms with van der Waals surface area (Å²) < 4.78 is 1.97. The Balaban J connectivity index is 2.86. The molecule has 0 fully saturated rings. The zero-order valence-corrected chi connectivity index (χ0v) is 10.1. The van der Waals surface area contributed by atoms with Gasteiger partial charge in [-0.1, -0.05) is 0 Å². The Morgan fingerprint density at radius 1 is 1.57 bits per heavy atom. The van der Waals surface area contributed by atoms with Crippen LogP contribution in [-0.4, -0.2) is 24.1 Å². The lowest BCUT2D eigenvalue weighted by atomic mass is 10.4. The van der Waals surface area contributed by atoms with Crippen LogP contribution in [0.1, 0.15) is 0 Å². The molecule has 0 aliphatic rings. The summed E-state index contributed by atoms with van der Waals surface area (Å²) in [5, 5.41) is 0. The van der Waals surface area contributed by atoms with Gasteiger partial charge in [0.15, 0.2) is 5.82 Å². The van der Waals surface area contributed by atoms with Gasteiger partial charge < -0.3 is 9.88 Å². The van der Waals surface area contributed by atoms with Crippen LogP contribution in [0.15, 0.2) is 14.6 Å². The van der Waals surface area contributed by atoms with Gasteiger partial charge in [0.2, 0.25) is 0 Å². The second-order valence-electron chi connectivity index (χ2n) is 3.05. The van der Waals surface area contributed by atoms with Gasteiger partial charge in [-0.2, -0.15) is 4.98 Å². The highest BCUT2D eigenvalue weighted by Crippen LogP contribution is 2.32. The third-order valence-corrected chi connectivity index (χ3v) is 3.41. The minimum absolute atomic E-state index is 0.313. The van der Waals surface area contributed by atoms with E-state index in [0.717, 1.165) is 14.0 Å². The molecule has 0 aliphatic heterocycles. The van der Waals surface area contributed by atoms with Crippen molar-refractivity contribution in [3.8, 4) is 0 Å². The number of nitrogens with zero attached hydrogens (tertiary/aromatic N) is 2. The van der Waals surface area contributed by atoms with Crippen LogP contribution >= 0.6 is 27.3 Å². The van der Waals surface area contributed by atoms with Crippen molar-refractivity contribution in [2.24, 2.45) is 0 Å². The van der Waals surface area contributed by atoms with Gasteiger partial charge >= 0.3 is 5.69 Å². The van der Waals surface area contributed by atoms with Crippen LogP contribution in [-0.2, 0) is 0 Å². The molecule has 74 valence electrons. The fraction of sp³-hybridized carbons (Fsp3) is 0.250. The second kappa shape index (κ2) is 3.36. The Bertz CT molecular complexity index is 531. The zero-order chi connectivity index (χ0) is 10.3. The van der Waals surface area contributed by atoms with Gasteiger partial charge in [0, 0.05) is 14.1 Å². The van der Waals surface area contributed by atoms with Crippen molar-refractivity contribution in [3.05, 3.63) is 20.3 Å². The molecule has 2 rings (SSSR count). The minimum atomic E-state index is -0.313. The van der Waals surface area contributed by atoms with Crippen molar-refractivity contribution in [1.29, 1.82) is 0 Å². The number of rotatable bonds is 1. The monoisotopic (exact) mass is 273 g/mol. The summed E-state index contributed by atoms with van der Waals surface area (Å²) in [4.78, 5) is 19.7. The molecular weight excluding hydrogens is 266 g/mol. The maximum absolute atomic E-state index is 11.2. The van der Waals surface area contributed by atoms with Gasteiger partial charge in [-0.15, -0.1) is 11.3 Å². The van der Waals surface area contributed by atoms with E-state index in [0.29, 0.717) is 5.82 Å². The third kappa shape index (κ3) is 1.55. The molecule has 0 unspecified atom stereocenters. The number of hydrogen-bond donors (Lipinski definition) is 1. The number of nitrogens with one attached hydrogen (secondary N) is 1. The average molecular weight is 274 g/mol. The van der Waals surface area contributed by atoms with Crippen LogP contribution in [0.4, 0.5) is 5.82 Å². The lowest BCUT2D eigenvalue weighted by Crippen LogP contribution is -2.18. The molecule has 0 saturated carbocycles. The summed E-state index contributed by atoms with van der Waals surface area (Å²) >= 11 is 4.94. The van der Waals surface area contributed by atoms with Crippen molar-refractivity contribution in [1.82, 2.24) is 9.97 Å². The molecule has 4 nitrogen and oxygen atoms in total. The zero-order valence-electron chi connectivity index (χ0n) is 7.67. The topological polar surface area (TPSA) is 49.0 Å². The molecule has 2 aromatic rings. The van der Waals surface area contributed by atoms with Gasteiger partial charge in [-0.25, -0.2) is 4.79 Å². The van der Waals surface area contributed by atoms with Crippen LogP contribution < -0.4 is 10.6 Å². The molecule has 0 aromatic carbocycles. The van der Waals surface area contributed by atoms with Gasteiger partial charge in [0.05, 0.1) is 14.0 Å².